The van der Waals surface area contributed by atoms with Gasteiger partial charge in [0.2, 0.25) is 5.95 Å². The number of rotatable bonds is 14. The van der Waals surface area contributed by atoms with Crippen LogP contribution in [0.4, 0.5) is 36.3 Å². The molecule has 0 aliphatic carbocycles. The van der Waals surface area contributed by atoms with Crippen LogP contribution in [0.25, 0.3) is 0 Å². The highest BCUT2D eigenvalue weighted by molar-refractivity contribution is 5.64. The molecule has 36 heavy (non-hydrogen) atoms. The number of aromatic nitrogens is 2. The smallest absolute Gasteiger partial charge is 0.421 e. The normalized spacial score (nSPS) is 11.2. The molecule has 0 spiro atoms. The molecule has 1 heterocycles. The van der Waals surface area contributed by atoms with Crippen molar-refractivity contribution < 1.29 is 22.6 Å². The van der Waals surface area contributed by atoms with Crippen molar-refractivity contribution in [2.24, 2.45) is 0 Å². The third kappa shape index (κ3) is 8.62. The topological polar surface area (TPSA) is 68.3 Å². The number of nitrogens with one attached hydrogen (secondary N) is 2. The van der Waals surface area contributed by atoms with Crippen LogP contribution in [0.3, 0.4) is 0 Å². The molecule has 2 aromatic carbocycles. The third-order valence-corrected chi connectivity index (χ3v) is 5.33. The second-order valence-electron chi connectivity index (χ2n) is 8.37. The molecule has 0 radical (unpaired) electrons. The number of unbranched alkanes of at least 4 members (excludes halogenated alkanes) is 4. The molecule has 0 aliphatic heterocycles. The lowest BCUT2D eigenvalue weighted by atomic mass is 10.2. The zero-order valence-electron chi connectivity index (χ0n) is 20.7. The van der Waals surface area contributed by atoms with Gasteiger partial charge in [-0.25, -0.2) is 4.98 Å². The van der Waals surface area contributed by atoms with Crippen LogP contribution in [0.15, 0.2) is 54.7 Å². The van der Waals surface area contributed by atoms with Crippen LogP contribution < -0.4 is 20.1 Å². The molecule has 2 N–H and O–H groups in total. The lowest BCUT2D eigenvalue weighted by Crippen LogP contribution is -2.12. The van der Waals surface area contributed by atoms with Crippen LogP contribution >= 0.6 is 0 Å². The Morgan fingerprint density at radius 1 is 0.778 bits per heavy atom. The fraction of sp³-hybridized carbons (Fsp3) is 0.407. The van der Waals surface area contributed by atoms with Gasteiger partial charge in [0.05, 0.1) is 13.2 Å². The average Bonchev–Trinajstić information content (AvgIpc) is 2.85. The molecule has 1 aromatic heterocycles. The number of ether oxygens (including phenoxy) is 2. The van der Waals surface area contributed by atoms with Gasteiger partial charge < -0.3 is 20.1 Å². The fourth-order valence-corrected chi connectivity index (χ4v) is 3.36. The maximum Gasteiger partial charge on any atom is 0.421 e. The highest BCUT2D eigenvalue weighted by atomic mass is 19.4. The number of hydrogen-bond donors (Lipinski definition) is 2. The van der Waals surface area contributed by atoms with E-state index < -0.39 is 11.7 Å². The molecule has 0 aliphatic rings. The predicted molar refractivity (Wildman–Crippen MR) is 137 cm³/mol. The summed E-state index contributed by atoms with van der Waals surface area (Å²) in [5.41, 5.74) is 0.102. The first-order valence-corrected chi connectivity index (χ1v) is 12.3. The van der Waals surface area contributed by atoms with Crippen molar-refractivity contribution in [3.8, 4) is 11.5 Å². The fourth-order valence-electron chi connectivity index (χ4n) is 3.36. The minimum Gasteiger partial charge on any atom is -0.494 e. The van der Waals surface area contributed by atoms with Gasteiger partial charge in [0.15, 0.2) is 0 Å². The first-order chi connectivity index (χ1) is 17.4. The van der Waals surface area contributed by atoms with E-state index in [1.807, 2.05) is 0 Å². The van der Waals surface area contributed by atoms with E-state index in [1.165, 1.54) is 0 Å². The number of nitrogens with zero attached hydrogens (tertiary/aromatic N) is 2. The molecule has 0 amide bonds. The number of hydrogen-bond acceptors (Lipinski definition) is 6. The van der Waals surface area contributed by atoms with E-state index in [4.69, 9.17) is 9.47 Å². The highest BCUT2D eigenvalue weighted by Crippen LogP contribution is 2.36. The molecule has 0 unspecified atom stereocenters. The van der Waals surface area contributed by atoms with Crippen LogP contribution in [0, 0.1) is 0 Å². The third-order valence-electron chi connectivity index (χ3n) is 5.33. The second-order valence-corrected chi connectivity index (χ2v) is 8.37. The molecule has 9 heteroatoms. The average molecular weight is 503 g/mol. The lowest BCUT2D eigenvalue weighted by Gasteiger charge is -2.15. The summed E-state index contributed by atoms with van der Waals surface area (Å²) in [6.45, 7) is 5.41. The van der Waals surface area contributed by atoms with E-state index in [2.05, 4.69) is 34.4 Å². The zero-order chi connectivity index (χ0) is 25.8. The van der Waals surface area contributed by atoms with Gasteiger partial charge in [-0.2, -0.15) is 18.2 Å². The van der Waals surface area contributed by atoms with Crippen molar-refractivity contribution in [2.45, 2.75) is 58.5 Å². The van der Waals surface area contributed by atoms with Gasteiger partial charge in [-0.1, -0.05) is 45.6 Å². The Morgan fingerprint density at radius 3 is 2.22 bits per heavy atom. The first kappa shape index (κ1) is 27.1. The minimum absolute atomic E-state index is 0.0356. The molecular formula is C27H33F3N4O2. The van der Waals surface area contributed by atoms with Crippen LogP contribution in [-0.4, -0.2) is 23.2 Å². The summed E-state index contributed by atoms with van der Waals surface area (Å²) in [6, 6.07) is 13.9. The van der Waals surface area contributed by atoms with Crippen molar-refractivity contribution in [3.63, 3.8) is 0 Å². The van der Waals surface area contributed by atoms with E-state index in [1.54, 1.807) is 48.5 Å². The summed E-state index contributed by atoms with van der Waals surface area (Å²) in [6.07, 6.45) is 2.44. The van der Waals surface area contributed by atoms with Gasteiger partial charge in [-0.15, -0.1) is 0 Å². The van der Waals surface area contributed by atoms with E-state index in [0.717, 1.165) is 50.5 Å². The monoisotopic (exact) mass is 502 g/mol. The van der Waals surface area contributed by atoms with Crippen LogP contribution in [-0.2, 0) is 6.18 Å². The van der Waals surface area contributed by atoms with E-state index in [-0.39, 0.29) is 11.8 Å². The summed E-state index contributed by atoms with van der Waals surface area (Å²) in [4.78, 5) is 7.98. The quantitative estimate of drug-likeness (QED) is 0.217. The molecule has 194 valence electrons. The van der Waals surface area contributed by atoms with Crippen molar-refractivity contribution in [3.05, 3.63) is 60.3 Å². The van der Waals surface area contributed by atoms with Crippen LogP contribution in [0.5, 0.6) is 11.5 Å². The van der Waals surface area contributed by atoms with Gasteiger partial charge in [-0.3, -0.25) is 0 Å². The summed E-state index contributed by atoms with van der Waals surface area (Å²) in [5, 5.41) is 5.73. The number of halogens is 3. The van der Waals surface area contributed by atoms with Crippen molar-refractivity contribution in [2.75, 3.05) is 23.8 Å². The molecule has 0 saturated heterocycles. The van der Waals surface area contributed by atoms with E-state index in [0.29, 0.717) is 30.3 Å². The summed E-state index contributed by atoms with van der Waals surface area (Å²) >= 11 is 0. The SMILES string of the molecule is CCCCCCOc1cccc(Nc2nc(Nc3ccc(OCCCC)cc3)ncc2C(F)(F)F)c1. The van der Waals surface area contributed by atoms with Crippen LogP contribution in [0.2, 0.25) is 0 Å². The summed E-state index contributed by atoms with van der Waals surface area (Å²) in [7, 11) is 0. The van der Waals surface area contributed by atoms with Gasteiger partial charge >= 0.3 is 6.18 Å². The Labute approximate surface area is 210 Å². The molecule has 0 bridgehead atoms. The number of anilines is 4. The van der Waals surface area contributed by atoms with Gasteiger partial charge in [0.25, 0.3) is 0 Å². The minimum atomic E-state index is -4.62. The summed E-state index contributed by atoms with van der Waals surface area (Å²) < 4.78 is 52.3. The molecule has 0 atom stereocenters. The first-order valence-electron chi connectivity index (χ1n) is 12.3. The van der Waals surface area contributed by atoms with E-state index in [9.17, 15) is 13.2 Å². The maximum atomic E-state index is 13.7. The van der Waals surface area contributed by atoms with Gasteiger partial charge in [-0.05, 0) is 49.2 Å². The second kappa shape index (κ2) is 13.6. The standard InChI is InChI=1S/C27H33F3N4O2/c1-3-5-7-8-17-36-23-11-9-10-21(18-23)32-25-24(27(28,29)30)19-31-26(34-25)33-20-12-14-22(15-13-20)35-16-6-4-2/h9-15,18-19H,3-8,16-17H2,1-2H3,(H2,31,32,33,34). The predicted octanol–water partition coefficient (Wildman–Crippen LogP) is 8.12. The lowest BCUT2D eigenvalue weighted by molar-refractivity contribution is -0.137. The van der Waals surface area contributed by atoms with Crippen molar-refractivity contribution >= 4 is 23.1 Å². The molecule has 3 aromatic rings. The van der Waals surface area contributed by atoms with Gasteiger partial charge in [0.1, 0.15) is 22.9 Å². The van der Waals surface area contributed by atoms with Crippen molar-refractivity contribution in [1.29, 1.82) is 0 Å². The Hall–Kier alpha value is -3.49. The maximum absolute atomic E-state index is 13.7. The Bertz CT molecular complexity index is 1080. The molecule has 3 rings (SSSR count). The van der Waals surface area contributed by atoms with Crippen LogP contribution in [0.1, 0.15) is 57.9 Å². The Balaban J connectivity index is 1.72. The van der Waals surface area contributed by atoms with Crippen molar-refractivity contribution in [1.82, 2.24) is 9.97 Å². The molecular weight excluding hydrogens is 469 g/mol. The highest BCUT2D eigenvalue weighted by Gasteiger charge is 2.35. The molecule has 0 fully saturated rings. The summed E-state index contributed by atoms with van der Waals surface area (Å²) in [5.74, 6) is 0.990. The number of benzene rings is 2. The molecule has 6 nitrogen and oxygen atoms in total. The Morgan fingerprint density at radius 2 is 1.50 bits per heavy atom. The largest absolute Gasteiger partial charge is 0.494 e. The number of alkyl halides is 3. The van der Waals surface area contributed by atoms with E-state index >= 15 is 0 Å². The van der Waals surface area contributed by atoms with Gasteiger partial charge in [0, 0.05) is 23.6 Å². The zero-order valence-corrected chi connectivity index (χ0v) is 20.7. The molecule has 0 saturated carbocycles. The Kier molecular flexibility index (Phi) is 10.2.